The third-order valence-electron chi connectivity index (χ3n) is 9.04. The third kappa shape index (κ3) is 7.91. The van der Waals surface area contributed by atoms with Crippen LogP contribution in [-0.4, -0.2) is 13.7 Å². The van der Waals surface area contributed by atoms with Gasteiger partial charge < -0.3 is 4.74 Å². The molecule has 0 radical (unpaired) electrons. The molecule has 0 heterocycles. The first-order valence-corrected chi connectivity index (χ1v) is 14.5. The molecule has 2 saturated carbocycles. The normalized spacial score (nSPS) is 25.0. The van der Waals surface area contributed by atoms with Gasteiger partial charge in [-0.05, 0) is 90.5 Å². The Morgan fingerprint density at radius 1 is 0.686 bits per heavy atom. The molecule has 2 aromatic carbocycles. The molecule has 0 unspecified atom stereocenters. The summed E-state index contributed by atoms with van der Waals surface area (Å²) in [6, 6.07) is 14.7. The highest BCUT2D eigenvalue weighted by Crippen LogP contribution is 2.35. The number of hydrogen-bond acceptors (Lipinski definition) is 1. The molecule has 2 fully saturated rings. The van der Waals surface area contributed by atoms with Crippen LogP contribution in [-0.2, 0) is 17.6 Å². The maximum absolute atomic E-state index is 14.9. The first-order chi connectivity index (χ1) is 17.1. The molecule has 0 N–H and O–H groups in total. The Balaban J connectivity index is 1.23. The fourth-order valence-electron chi connectivity index (χ4n) is 6.66. The van der Waals surface area contributed by atoms with Crippen LogP contribution in [0.4, 0.5) is 4.39 Å². The van der Waals surface area contributed by atoms with Crippen LogP contribution < -0.4 is 0 Å². The predicted octanol–water partition coefficient (Wildman–Crippen LogP) is 9.42. The third-order valence-corrected chi connectivity index (χ3v) is 9.04. The van der Waals surface area contributed by atoms with Gasteiger partial charge in [0.1, 0.15) is 5.82 Å². The minimum absolute atomic E-state index is 0.0321. The van der Waals surface area contributed by atoms with Crippen LogP contribution in [0.2, 0.25) is 0 Å². The van der Waals surface area contributed by atoms with Crippen LogP contribution >= 0.6 is 0 Å². The summed E-state index contributed by atoms with van der Waals surface area (Å²) in [5.74, 6) is 3.33. The van der Waals surface area contributed by atoms with E-state index in [9.17, 15) is 4.39 Å². The number of ether oxygens (including phenoxy) is 1. The zero-order valence-electron chi connectivity index (χ0n) is 22.2. The van der Waals surface area contributed by atoms with Gasteiger partial charge in [-0.3, -0.25) is 0 Å². The fourth-order valence-corrected chi connectivity index (χ4v) is 6.66. The minimum Gasteiger partial charge on any atom is -0.384 e. The molecule has 0 saturated heterocycles. The lowest BCUT2D eigenvalue weighted by atomic mass is 9.78. The molecule has 2 aliphatic rings. The van der Waals surface area contributed by atoms with Gasteiger partial charge in [-0.2, -0.15) is 0 Å². The van der Waals surface area contributed by atoms with E-state index < -0.39 is 0 Å². The Morgan fingerprint density at radius 3 is 1.80 bits per heavy atom. The molecule has 0 bridgehead atoms. The largest absolute Gasteiger partial charge is 0.384 e. The predicted molar refractivity (Wildman–Crippen MR) is 146 cm³/mol. The van der Waals surface area contributed by atoms with Gasteiger partial charge in [0.25, 0.3) is 0 Å². The first kappa shape index (κ1) is 26.4. The van der Waals surface area contributed by atoms with Gasteiger partial charge in [0.05, 0.1) is 0 Å². The Bertz CT molecular complexity index is 872. The van der Waals surface area contributed by atoms with Crippen LogP contribution in [0.3, 0.4) is 0 Å². The second-order valence-electron chi connectivity index (χ2n) is 11.6. The van der Waals surface area contributed by atoms with Crippen LogP contribution in [0, 0.1) is 29.5 Å². The summed E-state index contributed by atoms with van der Waals surface area (Å²) in [5.41, 5.74) is 4.41. The number of benzene rings is 2. The number of rotatable bonds is 11. The summed E-state index contributed by atoms with van der Waals surface area (Å²) in [4.78, 5) is 0. The Kier molecular flexibility index (Phi) is 10.2. The molecule has 2 heteroatoms. The molecule has 2 aromatic rings. The van der Waals surface area contributed by atoms with E-state index in [1.54, 1.807) is 6.07 Å². The zero-order chi connectivity index (χ0) is 24.5. The van der Waals surface area contributed by atoms with E-state index >= 15 is 0 Å². The Labute approximate surface area is 213 Å². The van der Waals surface area contributed by atoms with Crippen LogP contribution in [0.25, 0.3) is 11.1 Å². The summed E-state index contributed by atoms with van der Waals surface area (Å²) in [5, 5.41) is 0. The van der Waals surface area contributed by atoms with Crippen molar-refractivity contribution < 1.29 is 9.13 Å². The zero-order valence-corrected chi connectivity index (χ0v) is 22.2. The van der Waals surface area contributed by atoms with Crippen molar-refractivity contribution in [1.82, 2.24) is 0 Å². The summed E-state index contributed by atoms with van der Waals surface area (Å²) < 4.78 is 20.3. The van der Waals surface area contributed by atoms with Crippen molar-refractivity contribution in [3.8, 4) is 11.1 Å². The van der Waals surface area contributed by atoms with E-state index in [0.29, 0.717) is 0 Å². The summed E-state index contributed by atoms with van der Waals surface area (Å²) in [6.07, 6.45) is 17.9. The minimum atomic E-state index is -0.0321. The Morgan fingerprint density at radius 2 is 1.23 bits per heavy atom. The Hall–Kier alpha value is -1.67. The summed E-state index contributed by atoms with van der Waals surface area (Å²) in [7, 11) is 1.82. The van der Waals surface area contributed by atoms with Gasteiger partial charge in [-0.1, -0.05) is 94.7 Å². The SMILES string of the molecule is CCCC1CCC(CCc2ccc(-c3ccc(CCC4CCC(COC)CC4)cc3)cc2F)CC1. The molecule has 2 aliphatic carbocycles. The van der Waals surface area contributed by atoms with E-state index in [0.717, 1.165) is 66.2 Å². The lowest BCUT2D eigenvalue weighted by molar-refractivity contribution is 0.117. The van der Waals surface area contributed by atoms with Crippen LogP contribution in [0.1, 0.15) is 95.1 Å². The highest BCUT2D eigenvalue weighted by molar-refractivity contribution is 5.64. The molecule has 0 atom stereocenters. The van der Waals surface area contributed by atoms with E-state index in [2.05, 4.69) is 37.3 Å². The van der Waals surface area contributed by atoms with E-state index in [1.165, 1.54) is 76.2 Å². The lowest BCUT2D eigenvalue weighted by Crippen LogP contribution is -2.18. The van der Waals surface area contributed by atoms with Gasteiger partial charge in [-0.15, -0.1) is 0 Å². The van der Waals surface area contributed by atoms with Crippen molar-refractivity contribution in [1.29, 1.82) is 0 Å². The van der Waals surface area contributed by atoms with Gasteiger partial charge in [-0.25, -0.2) is 4.39 Å². The molecule has 0 spiro atoms. The smallest absolute Gasteiger partial charge is 0.127 e. The average molecular weight is 479 g/mol. The maximum Gasteiger partial charge on any atom is 0.127 e. The van der Waals surface area contributed by atoms with Crippen molar-refractivity contribution in [3.63, 3.8) is 0 Å². The molecule has 0 amide bonds. The van der Waals surface area contributed by atoms with Crippen molar-refractivity contribution in [2.45, 2.75) is 96.8 Å². The number of halogens is 1. The quantitative estimate of drug-likeness (QED) is 0.312. The molecule has 1 nitrogen and oxygen atoms in total. The molecule has 4 rings (SSSR count). The average Bonchev–Trinajstić information content (AvgIpc) is 2.89. The highest BCUT2D eigenvalue weighted by atomic mass is 19.1. The fraction of sp³-hybridized carbons (Fsp3) is 0.636. The van der Waals surface area contributed by atoms with Crippen molar-refractivity contribution in [2.75, 3.05) is 13.7 Å². The second-order valence-corrected chi connectivity index (χ2v) is 11.6. The number of methoxy groups -OCH3 is 1. The number of aryl methyl sites for hydroxylation is 2. The van der Waals surface area contributed by atoms with Gasteiger partial charge in [0.15, 0.2) is 0 Å². The van der Waals surface area contributed by atoms with Crippen molar-refractivity contribution in [2.24, 2.45) is 23.7 Å². The molecule has 0 aromatic heterocycles. The van der Waals surface area contributed by atoms with Crippen molar-refractivity contribution in [3.05, 3.63) is 59.4 Å². The summed E-state index contributed by atoms with van der Waals surface area (Å²) >= 11 is 0. The topological polar surface area (TPSA) is 9.23 Å². The molecule has 0 aliphatic heterocycles. The molecular formula is C33H47FO. The first-order valence-electron chi connectivity index (χ1n) is 14.5. The van der Waals surface area contributed by atoms with E-state index in [1.807, 2.05) is 13.2 Å². The molecule has 192 valence electrons. The summed E-state index contributed by atoms with van der Waals surface area (Å²) in [6.45, 7) is 3.22. The van der Waals surface area contributed by atoms with E-state index in [-0.39, 0.29) is 5.82 Å². The van der Waals surface area contributed by atoms with Crippen LogP contribution in [0.15, 0.2) is 42.5 Å². The van der Waals surface area contributed by atoms with E-state index in [4.69, 9.17) is 4.74 Å². The lowest BCUT2D eigenvalue weighted by Gasteiger charge is -2.28. The maximum atomic E-state index is 14.9. The highest BCUT2D eigenvalue weighted by Gasteiger charge is 2.22. The van der Waals surface area contributed by atoms with Crippen LogP contribution in [0.5, 0.6) is 0 Å². The standard InChI is InChI=1S/C33H47FO/c1-3-4-25-5-7-27(8-6-25)17-20-31-21-22-32(23-33(31)34)30-18-15-28(16-19-30)10-9-26-11-13-29(14-12-26)24-35-2/h15-16,18-19,21-23,25-27,29H,3-14,17,20,24H2,1-2H3. The van der Waals surface area contributed by atoms with Gasteiger partial charge in [0, 0.05) is 13.7 Å². The second kappa shape index (κ2) is 13.6. The molecular weight excluding hydrogens is 431 g/mol. The van der Waals surface area contributed by atoms with Crippen molar-refractivity contribution >= 4 is 0 Å². The monoisotopic (exact) mass is 478 g/mol. The van der Waals surface area contributed by atoms with Gasteiger partial charge in [0.2, 0.25) is 0 Å². The molecule has 35 heavy (non-hydrogen) atoms. The number of hydrogen-bond donors (Lipinski definition) is 0. The van der Waals surface area contributed by atoms with Gasteiger partial charge >= 0.3 is 0 Å².